The Balaban J connectivity index is 1.55. The second-order valence-corrected chi connectivity index (χ2v) is 9.47. The summed E-state index contributed by atoms with van der Waals surface area (Å²) in [7, 11) is 0. The molecule has 1 aliphatic rings. The molecule has 36 heavy (non-hydrogen) atoms. The number of rotatable bonds is 8. The van der Waals surface area contributed by atoms with Gasteiger partial charge in [-0.15, -0.1) is 0 Å². The lowest BCUT2D eigenvalue weighted by Crippen LogP contribution is -2.39. The number of carbonyl (C=O) groups excluding carboxylic acids is 1. The maximum absolute atomic E-state index is 11.7. The van der Waals surface area contributed by atoms with Crippen molar-refractivity contribution >= 4 is 29.2 Å². The zero-order chi connectivity index (χ0) is 25.7. The van der Waals surface area contributed by atoms with Crippen LogP contribution in [-0.4, -0.2) is 33.3 Å². The molecule has 0 saturated carbocycles. The molecule has 3 aromatic rings. The predicted molar refractivity (Wildman–Crippen MR) is 138 cm³/mol. The van der Waals surface area contributed by atoms with Gasteiger partial charge >= 0.3 is 6.03 Å². The number of amides is 2. The Kier molecular flexibility index (Phi) is 8.87. The molecule has 8 nitrogen and oxygen atoms in total. The third kappa shape index (κ3) is 6.19. The van der Waals surface area contributed by atoms with E-state index >= 15 is 0 Å². The summed E-state index contributed by atoms with van der Waals surface area (Å²) in [4.78, 5) is 15.8. The van der Waals surface area contributed by atoms with Crippen molar-refractivity contribution in [3.05, 3.63) is 87.4 Å². The number of hydrogen-bond acceptors (Lipinski definition) is 5. The number of aliphatic hydroxyl groups is 1. The molecule has 0 bridgehead atoms. The second-order valence-electron chi connectivity index (χ2n) is 8.76. The highest BCUT2D eigenvalue weighted by molar-refractivity contribution is 6.40. The van der Waals surface area contributed by atoms with E-state index < -0.39 is 6.29 Å². The van der Waals surface area contributed by atoms with Crippen molar-refractivity contribution in [2.24, 2.45) is 5.92 Å². The summed E-state index contributed by atoms with van der Waals surface area (Å²) >= 11 is 12.4. The number of ether oxygens (including phenoxy) is 2. The van der Waals surface area contributed by atoms with Crippen molar-refractivity contribution in [1.82, 2.24) is 20.2 Å². The fraction of sp³-hybridized carbons (Fsp3) is 0.385. The van der Waals surface area contributed by atoms with E-state index in [4.69, 9.17) is 32.7 Å². The average molecular weight is 533 g/mol. The van der Waals surface area contributed by atoms with E-state index in [-0.39, 0.29) is 35.9 Å². The van der Waals surface area contributed by atoms with E-state index in [0.29, 0.717) is 24.8 Å². The van der Waals surface area contributed by atoms with Crippen molar-refractivity contribution in [3.8, 4) is 0 Å². The SMILES string of the molecule is CCNC(=O)NCc1ccc(C2OC(Cn3cnc(Cl)c3Cl)C(C)C(c3ccc(CO)cc3)O2)cc1. The Labute approximate surface area is 220 Å². The number of nitrogens with zero attached hydrogens (tertiary/aromatic N) is 2. The zero-order valence-electron chi connectivity index (χ0n) is 20.2. The maximum Gasteiger partial charge on any atom is 0.315 e. The Hall–Kier alpha value is -2.62. The number of aromatic nitrogens is 2. The number of urea groups is 1. The van der Waals surface area contributed by atoms with Crippen LogP contribution in [0.1, 0.15) is 48.5 Å². The minimum absolute atomic E-state index is 0.0148. The molecule has 0 spiro atoms. The number of halogens is 2. The van der Waals surface area contributed by atoms with Gasteiger partial charge in [0.15, 0.2) is 11.4 Å². The number of benzene rings is 2. The highest BCUT2D eigenvalue weighted by atomic mass is 35.5. The zero-order valence-corrected chi connectivity index (χ0v) is 21.7. The summed E-state index contributed by atoms with van der Waals surface area (Å²) in [5.74, 6) is -0.0148. The van der Waals surface area contributed by atoms with Crippen LogP contribution in [0, 0.1) is 5.92 Å². The van der Waals surface area contributed by atoms with Crippen molar-refractivity contribution in [2.45, 2.75) is 52.0 Å². The summed E-state index contributed by atoms with van der Waals surface area (Å²) in [5, 5.41) is 15.6. The van der Waals surface area contributed by atoms with Gasteiger partial charge in [-0.05, 0) is 23.6 Å². The number of aliphatic hydroxyl groups excluding tert-OH is 1. The molecule has 2 amide bonds. The van der Waals surface area contributed by atoms with Gasteiger partial charge in [-0.2, -0.15) is 0 Å². The fourth-order valence-corrected chi connectivity index (χ4v) is 4.50. The molecule has 10 heteroatoms. The molecule has 0 aliphatic carbocycles. The number of imidazole rings is 1. The average Bonchev–Trinajstić information content (AvgIpc) is 3.21. The van der Waals surface area contributed by atoms with Crippen molar-refractivity contribution < 1.29 is 19.4 Å². The Bertz CT molecular complexity index is 1150. The first kappa shape index (κ1) is 26.4. The topological polar surface area (TPSA) is 97.6 Å². The van der Waals surface area contributed by atoms with Gasteiger partial charge in [-0.1, -0.05) is 78.7 Å². The van der Waals surface area contributed by atoms with Crippen LogP contribution in [0.3, 0.4) is 0 Å². The molecular formula is C26H30Cl2N4O4. The van der Waals surface area contributed by atoms with E-state index in [1.54, 1.807) is 10.9 Å². The van der Waals surface area contributed by atoms with Crippen molar-refractivity contribution in [1.29, 1.82) is 0 Å². The maximum atomic E-state index is 11.7. The summed E-state index contributed by atoms with van der Waals surface area (Å²) in [6, 6.07) is 15.3. The third-order valence-electron chi connectivity index (χ3n) is 6.28. The van der Waals surface area contributed by atoms with Gasteiger partial charge in [0.2, 0.25) is 0 Å². The van der Waals surface area contributed by atoms with Gasteiger partial charge in [0.05, 0.1) is 31.7 Å². The van der Waals surface area contributed by atoms with Gasteiger partial charge in [0, 0.05) is 24.6 Å². The molecule has 3 N–H and O–H groups in total. The lowest BCUT2D eigenvalue weighted by Gasteiger charge is -2.41. The minimum Gasteiger partial charge on any atom is -0.392 e. The molecule has 1 aliphatic heterocycles. The number of hydrogen-bond donors (Lipinski definition) is 3. The summed E-state index contributed by atoms with van der Waals surface area (Å²) in [6.45, 7) is 5.37. The lowest BCUT2D eigenvalue weighted by molar-refractivity contribution is -0.276. The summed E-state index contributed by atoms with van der Waals surface area (Å²) < 4.78 is 14.7. The van der Waals surface area contributed by atoms with E-state index in [1.807, 2.05) is 55.5 Å². The molecular weight excluding hydrogens is 503 g/mol. The van der Waals surface area contributed by atoms with Crippen LogP contribution in [0.2, 0.25) is 10.3 Å². The van der Waals surface area contributed by atoms with E-state index in [0.717, 1.165) is 22.3 Å². The molecule has 1 saturated heterocycles. The standard InChI is InChI=1S/C26H30Cl2N4O4/c1-3-29-26(34)30-12-17-4-10-20(11-5-17)25-35-21(13-32-15-31-23(27)24(32)28)16(2)22(36-25)19-8-6-18(14-33)7-9-19/h4-11,15-16,21-22,25,33H,3,12-14H2,1-2H3,(H2,29,30,34). The Morgan fingerprint density at radius 1 is 1.03 bits per heavy atom. The van der Waals surface area contributed by atoms with Crippen molar-refractivity contribution in [2.75, 3.05) is 6.54 Å². The van der Waals surface area contributed by atoms with Crippen LogP contribution in [0.5, 0.6) is 0 Å². The normalized spacial score (nSPS) is 21.8. The first-order chi connectivity index (χ1) is 17.4. The molecule has 192 valence electrons. The van der Waals surface area contributed by atoms with Crippen LogP contribution in [-0.2, 0) is 29.2 Å². The van der Waals surface area contributed by atoms with Crippen LogP contribution >= 0.6 is 23.2 Å². The predicted octanol–water partition coefficient (Wildman–Crippen LogP) is 4.99. The fourth-order valence-electron chi connectivity index (χ4n) is 4.19. The third-order valence-corrected chi connectivity index (χ3v) is 7.04. The largest absolute Gasteiger partial charge is 0.392 e. The van der Waals surface area contributed by atoms with Crippen LogP contribution in [0.15, 0.2) is 54.9 Å². The summed E-state index contributed by atoms with van der Waals surface area (Å²) in [6.07, 6.45) is 0.496. The van der Waals surface area contributed by atoms with Crippen molar-refractivity contribution in [3.63, 3.8) is 0 Å². The van der Waals surface area contributed by atoms with Gasteiger partial charge in [-0.25, -0.2) is 9.78 Å². The van der Waals surface area contributed by atoms with Crippen LogP contribution in [0.4, 0.5) is 4.79 Å². The number of carbonyl (C=O) groups is 1. The van der Waals surface area contributed by atoms with Crippen LogP contribution in [0.25, 0.3) is 0 Å². The molecule has 2 heterocycles. The number of nitrogens with one attached hydrogen (secondary N) is 2. The second kappa shape index (κ2) is 12.1. The van der Waals surface area contributed by atoms with Gasteiger partial charge in [-0.3, -0.25) is 0 Å². The highest BCUT2D eigenvalue weighted by Crippen LogP contribution is 2.42. The molecule has 1 aromatic heterocycles. The van der Waals surface area contributed by atoms with E-state index in [2.05, 4.69) is 22.5 Å². The summed E-state index contributed by atoms with van der Waals surface area (Å²) in [5.41, 5.74) is 3.65. The molecule has 4 atom stereocenters. The van der Waals surface area contributed by atoms with E-state index in [9.17, 15) is 9.90 Å². The Morgan fingerprint density at radius 3 is 2.31 bits per heavy atom. The Morgan fingerprint density at radius 2 is 1.69 bits per heavy atom. The lowest BCUT2D eigenvalue weighted by atomic mass is 9.90. The molecule has 0 radical (unpaired) electrons. The molecule has 1 fully saturated rings. The van der Waals surface area contributed by atoms with Gasteiger partial charge < -0.3 is 29.8 Å². The quantitative estimate of drug-likeness (QED) is 0.379. The first-order valence-electron chi connectivity index (χ1n) is 11.9. The monoisotopic (exact) mass is 532 g/mol. The molecule has 4 unspecified atom stereocenters. The van der Waals surface area contributed by atoms with Crippen LogP contribution < -0.4 is 10.6 Å². The molecule has 2 aromatic carbocycles. The minimum atomic E-state index is -0.614. The first-order valence-corrected chi connectivity index (χ1v) is 12.6. The van der Waals surface area contributed by atoms with Gasteiger partial charge in [0.25, 0.3) is 0 Å². The molecule has 4 rings (SSSR count). The smallest absolute Gasteiger partial charge is 0.315 e. The van der Waals surface area contributed by atoms with Gasteiger partial charge in [0.1, 0.15) is 5.15 Å². The highest BCUT2D eigenvalue weighted by Gasteiger charge is 2.38. The van der Waals surface area contributed by atoms with E-state index in [1.165, 1.54) is 0 Å².